The summed E-state index contributed by atoms with van der Waals surface area (Å²) in [5.74, 6) is 0. The summed E-state index contributed by atoms with van der Waals surface area (Å²) in [4.78, 5) is 4.75. The Hall–Kier alpha value is -8.86. The van der Waals surface area contributed by atoms with Gasteiger partial charge >= 0.3 is 0 Å². The molecular weight excluding hydrogens is 805 g/mol. The van der Waals surface area contributed by atoms with Crippen molar-refractivity contribution in [2.24, 2.45) is 0 Å². The topological polar surface area (TPSA) is 32.8 Å². The molecule has 13 aromatic rings. The third kappa shape index (κ3) is 6.38. The van der Waals surface area contributed by atoms with Gasteiger partial charge in [0.05, 0.1) is 11.1 Å². The normalized spacial score (nSPS) is 11.6. The number of para-hydroxylation sites is 3. The number of benzene rings is 11. The maximum atomic E-state index is 6.53. The minimum atomic E-state index is 0.842. The van der Waals surface area contributed by atoms with Crippen molar-refractivity contribution >= 4 is 99.5 Å². The van der Waals surface area contributed by atoms with E-state index in [9.17, 15) is 0 Å². The monoisotopic (exact) mass is 844 g/mol. The largest absolute Gasteiger partial charge is 0.456 e. The molecule has 0 N–H and O–H groups in total. The Balaban J connectivity index is 1.01. The standard InChI is InChI=1S/C62H40N2O2/c1-3-15-41(16-4-1)43-17-11-18-44(35-43)45-19-12-22-48(36-45)63(47-20-5-2-6-21-47)49-23-13-24-50(38-49)64(57-27-14-30-60-62(57)53-26-8-10-29-59(53)65-60)51-34-33-42-31-32-46-37-61-56(40-55(46)54(42)39-51)52-25-7-9-28-58(52)66-61/h1-40H. The van der Waals surface area contributed by atoms with Crippen LogP contribution in [0.1, 0.15) is 0 Å². The Morgan fingerprint density at radius 3 is 1.58 bits per heavy atom. The van der Waals surface area contributed by atoms with Crippen molar-refractivity contribution in [3.63, 3.8) is 0 Å². The Morgan fingerprint density at radius 1 is 0.242 bits per heavy atom. The molecule has 0 spiro atoms. The van der Waals surface area contributed by atoms with E-state index in [4.69, 9.17) is 8.83 Å². The molecule has 4 nitrogen and oxygen atoms in total. The van der Waals surface area contributed by atoms with Gasteiger partial charge in [0.2, 0.25) is 0 Å². The summed E-state index contributed by atoms with van der Waals surface area (Å²) in [6.07, 6.45) is 0. The van der Waals surface area contributed by atoms with E-state index in [1.165, 1.54) is 27.3 Å². The van der Waals surface area contributed by atoms with Crippen LogP contribution in [0.4, 0.5) is 34.1 Å². The first-order chi connectivity index (χ1) is 32.7. The molecule has 11 aromatic carbocycles. The molecule has 13 rings (SSSR count). The summed E-state index contributed by atoms with van der Waals surface area (Å²) in [6, 6.07) is 86.6. The molecule has 2 heterocycles. The number of hydrogen-bond donors (Lipinski definition) is 0. The fourth-order valence-electron chi connectivity index (χ4n) is 9.90. The van der Waals surface area contributed by atoms with Crippen molar-refractivity contribution in [1.29, 1.82) is 0 Å². The summed E-state index contributed by atoms with van der Waals surface area (Å²) < 4.78 is 12.9. The van der Waals surface area contributed by atoms with Crippen LogP contribution in [0.3, 0.4) is 0 Å². The van der Waals surface area contributed by atoms with Crippen LogP contribution in [0.15, 0.2) is 251 Å². The zero-order valence-corrected chi connectivity index (χ0v) is 35.8. The molecule has 2 aromatic heterocycles. The molecular formula is C62H40N2O2. The van der Waals surface area contributed by atoms with E-state index in [2.05, 4.69) is 234 Å². The van der Waals surface area contributed by atoms with E-state index in [1.807, 2.05) is 18.2 Å². The maximum Gasteiger partial charge on any atom is 0.137 e. The third-order valence-corrected chi connectivity index (χ3v) is 13.0. The minimum Gasteiger partial charge on any atom is -0.456 e. The predicted octanol–water partition coefficient (Wildman–Crippen LogP) is 18.1. The lowest BCUT2D eigenvalue weighted by molar-refractivity contribution is 0.669. The van der Waals surface area contributed by atoms with Crippen LogP contribution in [-0.2, 0) is 0 Å². The Labute approximate surface area is 381 Å². The summed E-state index contributed by atoms with van der Waals surface area (Å²) in [5.41, 5.74) is 14.4. The average molecular weight is 845 g/mol. The van der Waals surface area contributed by atoms with Crippen molar-refractivity contribution < 1.29 is 8.83 Å². The van der Waals surface area contributed by atoms with Crippen molar-refractivity contribution in [3.05, 3.63) is 243 Å². The van der Waals surface area contributed by atoms with Crippen LogP contribution in [0.5, 0.6) is 0 Å². The number of anilines is 6. The van der Waals surface area contributed by atoms with E-state index in [-0.39, 0.29) is 0 Å². The SMILES string of the molecule is c1ccc(-c2cccc(-c3cccc(N(c4ccccc4)c4cccc(N(c5ccc6ccc7cc8oc9ccccc9c8cc7c6c5)c5cccc6oc7ccccc7c56)c4)c3)c2)cc1. The number of furan rings is 2. The van der Waals surface area contributed by atoms with Gasteiger partial charge < -0.3 is 18.6 Å². The fourth-order valence-corrected chi connectivity index (χ4v) is 9.90. The second-order valence-corrected chi connectivity index (χ2v) is 16.9. The number of fused-ring (bicyclic) bond motifs is 9. The molecule has 0 amide bonds. The molecule has 0 aliphatic heterocycles. The van der Waals surface area contributed by atoms with Crippen molar-refractivity contribution in [2.75, 3.05) is 9.80 Å². The Kier molecular flexibility index (Phi) is 8.81. The van der Waals surface area contributed by atoms with Gasteiger partial charge in [-0.1, -0.05) is 146 Å². The van der Waals surface area contributed by atoms with Crippen LogP contribution in [0.2, 0.25) is 0 Å². The molecule has 0 aliphatic rings. The van der Waals surface area contributed by atoms with E-state index >= 15 is 0 Å². The lowest BCUT2D eigenvalue weighted by Gasteiger charge is -2.30. The van der Waals surface area contributed by atoms with E-state index < -0.39 is 0 Å². The second-order valence-electron chi connectivity index (χ2n) is 16.9. The molecule has 4 heteroatoms. The van der Waals surface area contributed by atoms with E-state index in [1.54, 1.807) is 0 Å². The van der Waals surface area contributed by atoms with Crippen LogP contribution < -0.4 is 9.80 Å². The first-order valence-corrected chi connectivity index (χ1v) is 22.4. The highest BCUT2D eigenvalue weighted by molar-refractivity contribution is 6.18. The fraction of sp³-hybridized carbons (Fsp3) is 0. The van der Waals surface area contributed by atoms with Crippen molar-refractivity contribution in [1.82, 2.24) is 0 Å². The van der Waals surface area contributed by atoms with Crippen LogP contribution >= 0.6 is 0 Å². The summed E-state index contributed by atoms with van der Waals surface area (Å²) in [5, 5.41) is 9.02. The van der Waals surface area contributed by atoms with Gasteiger partial charge in [-0.25, -0.2) is 0 Å². The molecule has 310 valence electrons. The minimum absolute atomic E-state index is 0.842. The van der Waals surface area contributed by atoms with Gasteiger partial charge in [-0.3, -0.25) is 0 Å². The molecule has 0 saturated carbocycles. The highest BCUT2D eigenvalue weighted by Crippen LogP contribution is 2.46. The van der Waals surface area contributed by atoms with Gasteiger partial charge in [-0.2, -0.15) is 0 Å². The quantitative estimate of drug-likeness (QED) is 0.143. The third-order valence-electron chi connectivity index (χ3n) is 13.0. The smallest absolute Gasteiger partial charge is 0.137 e. The van der Waals surface area contributed by atoms with Gasteiger partial charge in [-0.05, 0) is 141 Å². The Morgan fingerprint density at radius 2 is 0.758 bits per heavy atom. The van der Waals surface area contributed by atoms with Crippen LogP contribution in [-0.4, -0.2) is 0 Å². The second kappa shape index (κ2) is 15.4. The van der Waals surface area contributed by atoms with Gasteiger partial charge in [0.15, 0.2) is 0 Å². The molecule has 0 aliphatic carbocycles. The van der Waals surface area contributed by atoms with Crippen molar-refractivity contribution in [3.8, 4) is 22.3 Å². The first-order valence-electron chi connectivity index (χ1n) is 22.4. The van der Waals surface area contributed by atoms with E-state index in [0.717, 1.165) is 94.5 Å². The van der Waals surface area contributed by atoms with Crippen LogP contribution in [0, 0.1) is 0 Å². The number of hydrogen-bond acceptors (Lipinski definition) is 4. The average Bonchev–Trinajstić information content (AvgIpc) is 3.95. The summed E-state index contributed by atoms with van der Waals surface area (Å²) >= 11 is 0. The molecule has 0 unspecified atom stereocenters. The zero-order chi connectivity index (χ0) is 43.6. The van der Waals surface area contributed by atoms with Gasteiger partial charge in [0.25, 0.3) is 0 Å². The first kappa shape index (κ1) is 37.7. The molecule has 0 radical (unpaired) electrons. The molecule has 0 bridgehead atoms. The van der Waals surface area contributed by atoms with Gasteiger partial charge in [-0.15, -0.1) is 0 Å². The highest BCUT2D eigenvalue weighted by atomic mass is 16.3. The van der Waals surface area contributed by atoms with Gasteiger partial charge in [0, 0.05) is 44.6 Å². The molecule has 0 atom stereocenters. The zero-order valence-electron chi connectivity index (χ0n) is 35.8. The number of nitrogens with zero attached hydrogens (tertiary/aromatic N) is 2. The number of rotatable bonds is 8. The molecule has 66 heavy (non-hydrogen) atoms. The van der Waals surface area contributed by atoms with E-state index in [0.29, 0.717) is 0 Å². The van der Waals surface area contributed by atoms with Crippen LogP contribution in [0.25, 0.3) is 87.7 Å². The van der Waals surface area contributed by atoms with Crippen molar-refractivity contribution in [2.45, 2.75) is 0 Å². The highest BCUT2D eigenvalue weighted by Gasteiger charge is 2.22. The predicted molar refractivity (Wildman–Crippen MR) is 276 cm³/mol. The molecule has 0 fully saturated rings. The maximum absolute atomic E-state index is 6.53. The summed E-state index contributed by atoms with van der Waals surface area (Å²) in [6.45, 7) is 0. The molecule has 0 saturated heterocycles. The Bertz CT molecular complexity index is 3960. The summed E-state index contributed by atoms with van der Waals surface area (Å²) in [7, 11) is 0. The van der Waals surface area contributed by atoms with Gasteiger partial charge in [0.1, 0.15) is 22.3 Å². The lowest BCUT2D eigenvalue weighted by Crippen LogP contribution is -2.13. The lowest BCUT2D eigenvalue weighted by atomic mass is 9.98.